The molecule has 2 aromatic rings. The molecule has 1 N–H and O–H groups in total. The van der Waals surface area contributed by atoms with Crippen LogP contribution in [-0.2, 0) is 0 Å². The average Bonchev–Trinajstić information content (AvgIpc) is 2.85. The molecule has 0 bridgehead atoms. The molecule has 0 amide bonds. The van der Waals surface area contributed by atoms with Gasteiger partial charge < -0.3 is 5.32 Å². The fourth-order valence-electron chi connectivity index (χ4n) is 2.29. The van der Waals surface area contributed by atoms with Gasteiger partial charge in [-0.15, -0.1) is 11.3 Å². The molecule has 2 heterocycles. The van der Waals surface area contributed by atoms with Gasteiger partial charge in [0.05, 0.1) is 0 Å². The summed E-state index contributed by atoms with van der Waals surface area (Å²) in [5.41, 5.74) is 0. The van der Waals surface area contributed by atoms with Crippen molar-refractivity contribution in [2.24, 2.45) is 0 Å². The molecule has 18 heavy (non-hydrogen) atoms. The molecule has 1 atom stereocenters. The van der Waals surface area contributed by atoms with Crippen molar-refractivity contribution in [2.75, 3.05) is 5.32 Å². The molecule has 2 rings (SSSR count). The monoisotopic (exact) mass is 262 g/mol. The van der Waals surface area contributed by atoms with Gasteiger partial charge in [-0.3, -0.25) is 0 Å². The summed E-state index contributed by atoms with van der Waals surface area (Å²) in [6.07, 6.45) is 8.15. The van der Waals surface area contributed by atoms with E-state index in [4.69, 9.17) is 0 Å². The van der Waals surface area contributed by atoms with Crippen LogP contribution in [-0.4, -0.2) is 11.0 Å². The van der Waals surface area contributed by atoms with Crippen molar-refractivity contribution >= 4 is 27.2 Å². The first-order chi connectivity index (χ1) is 8.85. The molecule has 2 aromatic heterocycles. The van der Waals surface area contributed by atoms with E-state index in [1.165, 1.54) is 42.2 Å². The Hall–Kier alpha value is -1.09. The van der Waals surface area contributed by atoms with Crippen molar-refractivity contribution < 1.29 is 0 Å². The molecule has 0 aliphatic heterocycles. The number of fused-ring (bicyclic) bond motifs is 1. The zero-order chi connectivity index (χ0) is 12.8. The van der Waals surface area contributed by atoms with Gasteiger partial charge in [0.1, 0.15) is 5.82 Å². The zero-order valence-corrected chi connectivity index (χ0v) is 12.1. The molecule has 1 unspecified atom stereocenters. The predicted octanol–water partition coefficient (Wildman–Crippen LogP) is 5.07. The van der Waals surface area contributed by atoms with Gasteiger partial charge in [-0.25, -0.2) is 4.98 Å². The minimum Gasteiger partial charge on any atom is -0.367 e. The predicted molar refractivity (Wildman–Crippen MR) is 81.5 cm³/mol. The second-order valence-corrected chi connectivity index (χ2v) is 5.71. The maximum absolute atomic E-state index is 4.50. The molecule has 0 saturated carbocycles. The zero-order valence-electron chi connectivity index (χ0n) is 11.3. The summed E-state index contributed by atoms with van der Waals surface area (Å²) in [4.78, 5) is 4.50. The number of pyridine rings is 1. The number of hydrogen-bond donors (Lipinski definition) is 1. The van der Waals surface area contributed by atoms with Crippen LogP contribution in [0.3, 0.4) is 0 Å². The number of thiophene rings is 1. The maximum atomic E-state index is 4.50. The summed E-state index contributed by atoms with van der Waals surface area (Å²) in [7, 11) is 0. The highest BCUT2D eigenvalue weighted by molar-refractivity contribution is 7.17. The lowest BCUT2D eigenvalue weighted by Gasteiger charge is -2.19. The Balaban J connectivity index is 2.12. The van der Waals surface area contributed by atoms with Crippen molar-refractivity contribution in [3.63, 3.8) is 0 Å². The van der Waals surface area contributed by atoms with Gasteiger partial charge in [-0.2, -0.15) is 0 Å². The van der Waals surface area contributed by atoms with E-state index in [-0.39, 0.29) is 0 Å². The van der Waals surface area contributed by atoms with Crippen molar-refractivity contribution in [3.05, 3.63) is 23.7 Å². The molecule has 0 saturated heterocycles. The van der Waals surface area contributed by atoms with E-state index >= 15 is 0 Å². The number of nitrogens with zero attached hydrogens (tertiary/aromatic N) is 1. The number of hydrogen-bond acceptors (Lipinski definition) is 3. The lowest BCUT2D eigenvalue weighted by Crippen LogP contribution is -2.19. The number of nitrogens with one attached hydrogen (secondary N) is 1. The van der Waals surface area contributed by atoms with Gasteiger partial charge in [-0.05, 0) is 30.4 Å². The molecule has 0 spiro atoms. The maximum Gasteiger partial charge on any atom is 0.134 e. The van der Waals surface area contributed by atoms with Crippen molar-refractivity contribution in [1.82, 2.24) is 4.98 Å². The Labute approximate surface area is 113 Å². The lowest BCUT2D eigenvalue weighted by molar-refractivity contribution is 0.563. The van der Waals surface area contributed by atoms with Gasteiger partial charge in [-0.1, -0.05) is 33.1 Å². The lowest BCUT2D eigenvalue weighted by atomic mass is 10.1. The second-order valence-electron chi connectivity index (χ2n) is 4.76. The van der Waals surface area contributed by atoms with Crippen molar-refractivity contribution in [3.8, 4) is 0 Å². The Kier molecular flexibility index (Phi) is 5.00. The Bertz CT molecular complexity index is 478. The highest BCUT2D eigenvalue weighted by Gasteiger charge is 2.10. The summed E-state index contributed by atoms with van der Waals surface area (Å²) in [5.74, 6) is 1.06. The van der Waals surface area contributed by atoms with Gasteiger partial charge in [0, 0.05) is 22.3 Å². The highest BCUT2D eigenvalue weighted by Crippen LogP contribution is 2.27. The van der Waals surface area contributed by atoms with Crippen LogP contribution in [0.25, 0.3) is 10.1 Å². The van der Waals surface area contributed by atoms with Crippen LogP contribution in [0, 0.1) is 0 Å². The fraction of sp³-hybridized carbons (Fsp3) is 0.533. The first-order valence-corrected chi connectivity index (χ1v) is 7.81. The topological polar surface area (TPSA) is 24.9 Å². The van der Waals surface area contributed by atoms with Gasteiger partial charge in [0.2, 0.25) is 0 Å². The summed E-state index contributed by atoms with van der Waals surface area (Å²) in [5, 5.41) is 7.04. The molecular weight excluding hydrogens is 240 g/mol. The third kappa shape index (κ3) is 3.22. The Morgan fingerprint density at radius 2 is 2.11 bits per heavy atom. The third-order valence-corrected chi connectivity index (χ3v) is 4.15. The quantitative estimate of drug-likeness (QED) is 0.753. The van der Waals surface area contributed by atoms with Crippen LogP contribution in [0.5, 0.6) is 0 Å². The summed E-state index contributed by atoms with van der Waals surface area (Å²) in [6, 6.07) is 4.82. The van der Waals surface area contributed by atoms with Gasteiger partial charge in [0.15, 0.2) is 0 Å². The summed E-state index contributed by atoms with van der Waals surface area (Å²) < 4.78 is 1.32. The normalized spacial score (nSPS) is 12.8. The first-order valence-electron chi connectivity index (χ1n) is 6.94. The summed E-state index contributed by atoms with van der Waals surface area (Å²) >= 11 is 1.78. The van der Waals surface area contributed by atoms with E-state index in [0.717, 1.165) is 5.82 Å². The SMILES string of the molecule is CCCCC(CCC)Nc1nccc2sccc12. The number of aromatic nitrogens is 1. The van der Waals surface area contributed by atoms with E-state index in [9.17, 15) is 0 Å². The van der Waals surface area contributed by atoms with Crippen LogP contribution in [0.4, 0.5) is 5.82 Å². The van der Waals surface area contributed by atoms with Crippen LogP contribution >= 0.6 is 11.3 Å². The molecule has 3 heteroatoms. The van der Waals surface area contributed by atoms with E-state index in [2.05, 4.69) is 41.7 Å². The standard InChI is InChI=1S/C15H22N2S/c1-3-5-7-12(6-4-2)17-15-13-9-11-18-14(13)8-10-16-15/h8-12H,3-7H2,1-2H3,(H,16,17). The van der Waals surface area contributed by atoms with E-state index in [1.54, 1.807) is 11.3 Å². The van der Waals surface area contributed by atoms with E-state index in [1.807, 2.05) is 6.20 Å². The Morgan fingerprint density at radius 3 is 2.89 bits per heavy atom. The van der Waals surface area contributed by atoms with Crippen LogP contribution < -0.4 is 5.32 Å². The fourth-order valence-corrected chi connectivity index (χ4v) is 3.07. The molecular formula is C15H22N2S. The van der Waals surface area contributed by atoms with Crippen LogP contribution in [0.2, 0.25) is 0 Å². The van der Waals surface area contributed by atoms with Crippen molar-refractivity contribution in [2.45, 2.75) is 52.0 Å². The average molecular weight is 262 g/mol. The van der Waals surface area contributed by atoms with E-state index < -0.39 is 0 Å². The molecule has 0 aromatic carbocycles. The van der Waals surface area contributed by atoms with Gasteiger partial charge in [0.25, 0.3) is 0 Å². The number of unbranched alkanes of at least 4 members (excludes halogenated alkanes) is 1. The van der Waals surface area contributed by atoms with Gasteiger partial charge >= 0.3 is 0 Å². The highest BCUT2D eigenvalue weighted by atomic mass is 32.1. The van der Waals surface area contributed by atoms with E-state index in [0.29, 0.717) is 6.04 Å². The number of anilines is 1. The third-order valence-electron chi connectivity index (χ3n) is 3.26. The smallest absolute Gasteiger partial charge is 0.134 e. The number of rotatable bonds is 7. The molecule has 0 aliphatic rings. The minimum absolute atomic E-state index is 0.563. The van der Waals surface area contributed by atoms with Crippen LogP contribution in [0.1, 0.15) is 46.0 Å². The first kappa shape index (κ1) is 13.3. The molecule has 98 valence electrons. The summed E-state index contributed by atoms with van der Waals surface area (Å²) in [6.45, 7) is 4.50. The molecule has 2 nitrogen and oxygen atoms in total. The second kappa shape index (κ2) is 6.74. The molecule has 0 aliphatic carbocycles. The largest absolute Gasteiger partial charge is 0.367 e. The minimum atomic E-state index is 0.563. The van der Waals surface area contributed by atoms with Crippen molar-refractivity contribution in [1.29, 1.82) is 0 Å². The molecule has 0 radical (unpaired) electrons. The molecule has 0 fully saturated rings. The van der Waals surface area contributed by atoms with Crippen LogP contribution in [0.15, 0.2) is 23.7 Å². The Morgan fingerprint density at radius 1 is 1.22 bits per heavy atom.